The van der Waals surface area contributed by atoms with Crippen molar-refractivity contribution in [2.24, 2.45) is 0 Å². The Bertz CT molecular complexity index is 3700. The average Bonchev–Trinajstić information content (AvgIpc) is 3.87. The molecular weight excluding hydrogens is 861 g/mol. The molecule has 0 aliphatic rings. The van der Waals surface area contributed by atoms with Crippen LogP contribution in [0.3, 0.4) is 0 Å². The highest BCUT2D eigenvalue weighted by Gasteiger charge is 2.25. The highest BCUT2D eigenvalue weighted by Crippen LogP contribution is 2.44. The van der Waals surface area contributed by atoms with Crippen molar-refractivity contribution in [3.63, 3.8) is 0 Å². The molecule has 0 spiro atoms. The first-order chi connectivity index (χ1) is 34.1. The fraction of sp³-hybridized carbons (Fsp3) is 0.0615. The Morgan fingerprint density at radius 1 is 0.329 bits per heavy atom. The third-order valence-corrected chi connectivity index (χ3v) is 13.9. The predicted molar refractivity (Wildman–Crippen MR) is 286 cm³/mol. The van der Waals surface area contributed by atoms with E-state index in [1.165, 1.54) is 18.2 Å². The fourth-order valence-electron chi connectivity index (χ4n) is 10.6. The van der Waals surface area contributed by atoms with Crippen molar-refractivity contribution in [2.75, 3.05) is 0 Å². The number of halogens is 2. The molecule has 0 aliphatic heterocycles. The van der Waals surface area contributed by atoms with Crippen LogP contribution in [-0.2, 0) is 0 Å². The summed E-state index contributed by atoms with van der Waals surface area (Å²) in [6, 6.07) is 69.9. The van der Waals surface area contributed by atoms with Gasteiger partial charge in [0.2, 0.25) is 0 Å². The maximum absolute atomic E-state index is 16.3. The van der Waals surface area contributed by atoms with Crippen LogP contribution in [0.4, 0.5) is 8.78 Å². The molecule has 3 nitrogen and oxygen atoms in total. The second-order valence-corrected chi connectivity index (χ2v) is 18.7. The minimum Gasteiger partial charge on any atom is -0.308 e. The lowest BCUT2D eigenvalue weighted by molar-refractivity contribution is 0.589. The van der Waals surface area contributed by atoms with Crippen molar-refractivity contribution in [2.45, 2.75) is 27.7 Å². The molecule has 0 fully saturated rings. The van der Waals surface area contributed by atoms with E-state index in [9.17, 15) is 5.26 Å². The summed E-state index contributed by atoms with van der Waals surface area (Å²) in [7, 11) is 0. The SMILES string of the molecule is Cc1cccc(-c2ccc3c(c2)c2cc(-c4cccc(C)c4)ccc2n3-c2cc(-c3c(F)cccc3F)cc(-n3c4ccc(-c5cccc(C)c5)cc4c4cc(-c5cccc(C)c5)ccc43)c2C#N)c1. The molecule has 0 bridgehead atoms. The predicted octanol–water partition coefficient (Wildman–Crippen LogP) is 17.6. The largest absolute Gasteiger partial charge is 0.308 e. The Hall–Kier alpha value is -8.85. The summed E-state index contributed by atoms with van der Waals surface area (Å²) in [6.45, 7) is 8.38. The van der Waals surface area contributed by atoms with E-state index < -0.39 is 11.6 Å². The maximum Gasteiger partial charge on any atom is 0.133 e. The number of aromatic nitrogens is 2. The molecule has 0 saturated heterocycles. The van der Waals surface area contributed by atoms with Crippen LogP contribution in [0.5, 0.6) is 0 Å². The number of nitrogens with zero attached hydrogens (tertiary/aromatic N) is 3. The van der Waals surface area contributed by atoms with Gasteiger partial charge in [0.1, 0.15) is 23.3 Å². The number of benzene rings is 10. The molecule has 0 atom stereocenters. The highest BCUT2D eigenvalue weighted by molar-refractivity contribution is 6.14. The fourth-order valence-corrected chi connectivity index (χ4v) is 10.6. The summed E-state index contributed by atoms with van der Waals surface area (Å²) >= 11 is 0. The van der Waals surface area contributed by atoms with Gasteiger partial charge < -0.3 is 9.13 Å². The molecule has 2 heterocycles. The highest BCUT2D eigenvalue weighted by atomic mass is 19.1. The molecule has 0 N–H and O–H groups in total. The number of rotatable bonds is 7. The minimum absolute atomic E-state index is 0.164. The van der Waals surface area contributed by atoms with E-state index in [-0.39, 0.29) is 5.56 Å². The third kappa shape index (κ3) is 7.16. The van der Waals surface area contributed by atoms with Crippen LogP contribution >= 0.6 is 0 Å². The van der Waals surface area contributed by atoms with Gasteiger partial charge in [-0.2, -0.15) is 5.26 Å². The first-order valence-electron chi connectivity index (χ1n) is 23.6. The molecule has 12 aromatic rings. The minimum atomic E-state index is -0.692. The zero-order valence-electron chi connectivity index (χ0n) is 39.2. The molecule has 0 unspecified atom stereocenters. The van der Waals surface area contributed by atoms with Crippen molar-refractivity contribution < 1.29 is 8.78 Å². The Morgan fingerprint density at radius 3 is 0.900 bits per heavy atom. The van der Waals surface area contributed by atoms with E-state index in [4.69, 9.17) is 0 Å². The summed E-state index contributed by atoms with van der Waals surface area (Å²) < 4.78 is 36.8. The Balaban J connectivity index is 1.19. The van der Waals surface area contributed by atoms with E-state index in [0.29, 0.717) is 22.5 Å². The van der Waals surface area contributed by atoms with E-state index in [1.807, 2.05) is 0 Å². The van der Waals surface area contributed by atoms with E-state index >= 15 is 8.78 Å². The van der Waals surface area contributed by atoms with Gasteiger partial charge >= 0.3 is 0 Å². The second-order valence-electron chi connectivity index (χ2n) is 18.7. The van der Waals surface area contributed by atoms with Crippen LogP contribution in [0.15, 0.2) is 200 Å². The lowest BCUT2D eigenvalue weighted by Crippen LogP contribution is -2.06. The monoisotopic (exact) mass is 905 g/mol. The van der Waals surface area contributed by atoms with Crippen molar-refractivity contribution in [3.05, 3.63) is 240 Å². The smallest absolute Gasteiger partial charge is 0.133 e. The molecule has 0 amide bonds. The number of hydrogen-bond donors (Lipinski definition) is 0. The van der Waals surface area contributed by atoms with Crippen LogP contribution in [0.1, 0.15) is 27.8 Å². The van der Waals surface area contributed by atoms with Gasteiger partial charge in [-0.3, -0.25) is 0 Å². The van der Waals surface area contributed by atoms with Gasteiger partial charge in [-0.1, -0.05) is 150 Å². The van der Waals surface area contributed by atoms with E-state index in [2.05, 4.69) is 213 Å². The standard InChI is InChI=1S/C65H45F2N3/c1-39-10-5-14-43(28-39)47-20-24-59-52(32-47)53-33-48(44-15-6-11-40(2)29-44)21-25-60(53)69(59)63-36-51(65-57(66)18-9-19-58(65)67)37-64(56(63)38-68)70-61-26-22-49(45-16-7-12-41(3)30-45)34-54(61)55-35-50(23-27-62(55)70)46-17-8-13-42(4)31-46/h5-37H,1-4H3. The number of aryl methyl sites for hydroxylation is 4. The average molecular weight is 906 g/mol. The van der Waals surface area contributed by atoms with E-state index in [0.717, 1.165) is 110 Å². The van der Waals surface area contributed by atoms with Gasteiger partial charge in [0.15, 0.2) is 0 Å². The number of nitriles is 1. The molecular formula is C65H45F2N3. The van der Waals surface area contributed by atoms with Gasteiger partial charge in [-0.05, 0) is 151 Å². The van der Waals surface area contributed by atoms with Crippen molar-refractivity contribution in [1.29, 1.82) is 5.26 Å². The van der Waals surface area contributed by atoms with Gasteiger partial charge in [0, 0.05) is 21.5 Å². The zero-order valence-corrected chi connectivity index (χ0v) is 39.2. The first-order valence-corrected chi connectivity index (χ1v) is 23.6. The van der Waals surface area contributed by atoms with Gasteiger partial charge in [-0.15, -0.1) is 0 Å². The van der Waals surface area contributed by atoms with Crippen LogP contribution in [-0.4, -0.2) is 9.13 Å². The van der Waals surface area contributed by atoms with Crippen LogP contribution in [0, 0.1) is 50.7 Å². The van der Waals surface area contributed by atoms with Crippen molar-refractivity contribution in [1.82, 2.24) is 9.13 Å². The molecule has 2 aromatic heterocycles. The zero-order chi connectivity index (χ0) is 47.8. The molecule has 334 valence electrons. The van der Waals surface area contributed by atoms with Crippen LogP contribution < -0.4 is 0 Å². The molecule has 0 radical (unpaired) electrons. The Labute approximate surface area is 405 Å². The summed E-state index contributed by atoms with van der Waals surface area (Å²) in [6.07, 6.45) is 0. The Kier molecular flexibility index (Phi) is 10.2. The quantitative estimate of drug-likeness (QED) is 0.157. The first kappa shape index (κ1) is 42.5. The lowest BCUT2D eigenvalue weighted by atomic mass is 9.98. The maximum atomic E-state index is 16.3. The lowest BCUT2D eigenvalue weighted by Gasteiger charge is -2.19. The topological polar surface area (TPSA) is 33.6 Å². The van der Waals surface area contributed by atoms with Gasteiger partial charge in [-0.25, -0.2) is 8.78 Å². The van der Waals surface area contributed by atoms with Crippen molar-refractivity contribution in [3.8, 4) is 73.1 Å². The number of hydrogen-bond acceptors (Lipinski definition) is 1. The summed E-state index contributed by atoms with van der Waals surface area (Å²) in [5, 5.41) is 15.7. The molecule has 0 aliphatic carbocycles. The van der Waals surface area contributed by atoms with Crippen molar-refractivity contribution >= 4 is 43.6 Å². The summed E-state index contributed by atoms with van der Waals surface area (Å²) in [5.41, 5.74) is 18.2. The second kappa shape index (κ2) is 16.7. The van der Waals surface area contributed by atoms with Crippen LogP contribution in [0.2, 0.25) is 0 Å². The van der Waals surface area contributed by atoms with Gasteiger partial charge in [0.25, 0.3) is 0 Å². The normalized spacial score (nSPS) is 11.6. The third-order valence-electron chi connectivity index (χ3n) is 13.9. The molecule has 5 heteroatoms. The van der Waals surface area contributed by atoms with E-state index in [1.54, 1.807) is 12.1 Å². The molecule has 10 aromatic carbocycles. The Morgan fingerprint density at radius 2 is 0.614 bits per heavy atom. The van der Waals surface area contributed by atoms with Gasteiger partial charge in [0.05, 0.1) is 39.0 Å². The molecule has 12 rings (SSSR count). The summed E-state index contributed by atoms with van der Waals surface area (Å²) in [5.74, 6) is -1.38. The number of fused-ring (bicyclic) bond motifs is 6. The molecule has 0 saturated carbocycles. The van der Waals surface area contributed by atoms with Crippen LogP contribution in [0.25, 0.3) is 111 Å². The molecule has 70 heavy (non-hydrogen) atoms. The summed E-state index contributed by atoms with van der Waals surface area (Å²) in [4.78, 5) is 0.